The van der Waals surface area contributed by atoms with Gasteiger partial charge >= 0.3 is 5.97 Å². The molecule has 0 bridgehead atoms. The molecule has 12 heavy (non-hydrogen) atoms. The van der Waals surface area contributed by atoms with E-state index in [1.807, 2.05) is 0 Å². The Bertz CT molecular complexity index is 141. The van der Waals surface area contributed by atoms with Crippen molar-refractivity contribution in [3.63, 3.8) is 0 Å². The molecule has 0 aromatic carbocycles. The van der Waals surface area contributed by atoms with Crippen LogP contribution in [0.5, 0.6) is 0 Å². The average molecular weight is 209 g/mol. The van der Waals surface area contributed by atoms with Gasteiger partial charge in [0.2, 0.25) is 0 Å². The first-order valence-corrected chi connectivity index (χ1v) is 5.70. The Morgan fingerprint density at radius 2 is 2.25 bits per heavy atom. The fraction of sp³-hybridized carbons (Fsp3) is 0.857. The molecule has 0 radical (unpaired) electrons. The topological polar surface area (TPSA) is 49.3 Å². The van der Waals surface area contributed by atoms with Gasteiger partial charge in [-0.2, -0.15) is 0 Å². The van der Waals surface area contributed by atoms with Crippen LogP contribution in [-0.4, -0.2) is 17.1 Å². The second kappa shape index (κ2) is 6.62. The Hall–Kier alpha value is 0.130. The zero-order chi connectivity index (χ0) is 9.56. The number of carboxylic acids is 1. The summed E-state index contributed by atoms with van der Waals surface area (Å²) in [6.45, 7) is 4.14. The van der Waals surface area contributed by atoms with Crippen LogP contribution in [0.3, 0.4) is 0 Å². The van der Waals surface area contributed by atoms with Crippen molar-refractivity contribution in [1.29, 1.82) is 0 Å². The largest absolute Gasteiger partial charge is 0.481 e. The highest BCUT2D eigenvalue weighted by Crippen LogP contribution is 2.12. The van der Waals surface area contributed by atoms with Crippen molar-refractivity contribution in [3.8, 4) is 0 Å². The maximum absolute atomic E-state index is 10.4. The summed E-state index contributed by atoms with van der Waals surface area (Å²) in [4.78, 5) is 10.4. The Labute approximate surface area is 82.2 Å². The molecule has 0 aliphatic carbocycles. The quantitative estimate of drug-likeness (QED) is 0.355. The van der Waals surface area contributed by atoms with Crippen molar-refractivity contribution in [3.05, 3.63) is 0 Å². The van der Waals surface area contributed by atoms with Gasteiger partial charge in [-0.15, -0.1) is 0 Å². The standard InChI is InChI=1S/C7H15NO2S2/c1-5(2)3-6(8-12-11)4-7(9)10/h5-6,8,11H,3-4H2,1-2H3,(H,9,10). The lowest BCUT2D eigenvalue weighted by Crippen LogP contribution is -2.27. The third kappa shape index (κ3) is 6.82. The fourth-order valence-corrected chi connectivity index (χ4v) is 1.80. The second-order valence-corrected chi connectivity index (χ2v) is 4.10. The molecule has 5 heteroatoms. The Balaban J connectivity index is 3.77. The first-order chi connectivity index (χ1) is 5.56. The lowest BCUT2D eigenvalue weighted by Gasteiger charge is -2.16. The number of carbonyl (C=O) groups is 1. The molecule has 0 aliphatic rings. The summed E-state index contributed by atoms with van der Waals surface area (Å²) in [5, 5.41) is 8.55. The van der Waals surface area contributed by atoms with E-state index in [4.69, 9.17) is 5.11 Å². The van der Waals surface area contributed by atoms with Crippen LogP contribution in [-0.2, 0) is 4.79 Å². The van der Waals surface area contributed by atoms with Crippen molar-refractivity contribution >= 4 is 28.6 Å². The first-order valence-electron chi connectivity index (χ1n) is 3.84. The molecule has 72 valence electrons. The van der Waals surface area contributed by atoms with Crippen LogP contribution in [0.1, 0.15) is 26.7 Å². The molecular weight excluding hydrogens is 194 g/mol. The van der Waals surface area contributed by atoms with Crippen LogP contribution in [0.15, 0.2) is 0 Å². The third-order valence-electron chi connectivity index (χ3n) is 1.40. The molecule has 0 saturated carbocycles. The van der Waals surface area contributed by atoms with Crippen molar-refractivity contribution in [1.82, 2.24) is 4.72 Å². The van der Waals surface area contributed by atoms with Crippen LogP contribution in [0.25, 0.3) is 0 Å². The molecule has 0 spiro atoms. The third-order valence-corrected chi connectivity index (χ3v) is 2.15. The van der Waals surface area contributed by atoms with Crippen molar-refractivity contribution < 1.29 is 9.90 Å². The highest BCUT2D eigenvalue weighted by Gasteiger charge is 2.13. The van der Waals surface area contributed by atoms with E-state index in [0.29, 0.717) is 5.92 Å². The molecule has 3 nitrogen and oxygen atoms in total. The van der Waals surface area contributed by atoms with Gasteiger partial charge in [-0.05, 0) is 23.3 Å². The minimum absolute atomic E-state index is 0.0185. The average Bonchev–Trinajstić information content (AvgIpc) is 1.84. The molecule has 1 unspecified atom stereocenters. The Kier molecular flexibility index (Phi) is 6.70. The van der Waals surface area contributed by atoms with Crippen LogP contribution < -0.4 is 4.72 Å². The van der Waals surface area contributed by atoms with E-state index < -0.39 is 5.97 Å². The van der Waals surface area contributed by atoms with Crippen LogP contribution >= 0.6 is 22.6 Å². The molecule has 0 fully saturated rings. The van der Waals surface area contributed by atoms with Crippen LogP contribution in [0.4, 0.5) is 0 Å². The fourth-order valence-electron chi connectivity index (χ4n) is 1.03. The molecule has 1 atom stereocenters. The molecule has 0 saturated heterocycles. The van der Waals surface area contributed by atoms with Crippen molar-refractivity contribution in [2.45, 2.75) is 32.7 Å². The highest BCUT2D eigenvalue weighted by atomic mass is 33.1. The summed E-state index contributed by atoms with van der Waals surface area (Å²) in [5.74, 6) is -0.266. The lowest BCUT2D eigenvalue weighted by molar-refractivity contribution is -0.137. The Morgan fingerprint density at radius 3 is 2.58 bits per heavy atom. The molecule has 0 rings (SSSR count). The number of hydrogen-bond donors (Lipinski definition) is 3. The zero-order valence-electron chi connectivity index (χ0n) is 7.28. The maximum Gasteiger partial charge on any atom is 0.304 e. The van der Waals surface area contributed by atoms with E-state index in [9.17, 15) is 4.79 Å². The van der Waals surface area contributed by atoms with E-state index in [1.165, 1.54) is 11.0 Å². The van der Waals surface area contributed by atoms with Crippen molar-refractivity contribution in [2.75, 3.05) is 0 Å². The van der Waals surface area contributed by atoms with Gasteiger partial charge in [-0.1, -0.05) is 25.5 Å². The summed E-state index contributed by atoms with van der Waals surface area (Å²) in [7, 11) is 1.17. The maximum atomic E-state index is 10.4. The normalized spacial score (nSPS) is 13.3. The highest BCUT2D eigenvalue weighted by molar-refractivity contribution is 8.67. The number of rotatable bonds is 6. The molecule has 0 aromatic heterocycles. The molecule has 0 heterocycles. The Morgan fingerprint density at radius 1 is 1.67 bits per heavy atom. The van der Waals surface area contributed by atoms with Gasteiger partial charge in [0.1, 0.15) is 0 Å². The monoisotopic (exact) mass is 209 g/mol. The van der Waals surface area contributed by atoms with Crippen LogP contribution in [0, 0.1) is 5.92 Å². The van der Waals surface area contributed by atoms with E-state index in [1.54, 1.807) is 0 Å². The van der Waals surface area contributed by atoms with Gasteiger partial charge in [0.05, 0.1) is 6.42 Å². The number of carboxylic acid groups (broad SMARTS) is 1. The van der Waals surface area contributed by atoms with Gasteiger partial charge in [0, 0.05) is 6.04 Å². The molecular formula is C7H15NO2S2. The van der Waals surface area contributed by atoms with Gasteiger partial charge in [0.15, 0.2) is 0 Å². The summed E-state index contributed by atoms with van der Waals surface area (Å²) in [5.41, 5.74) is 0. The van der Waals surface area contributed by atoms with Gasteiger partial charge in [-0.3, -0.25) is 9.52 Å². The number of nitrogens with one attached hydrogen (secondary N) is 1. The zero-order valence-corrected chi connectivity index (χ0v) is 8.99. The van der Waals surface area contributed by atoms with E-state index in [0.717, 1.165) is 6.42 Å². The molecule has 0 aromatic rings. The predicted octanol–water partition coefficient (Wildman–Crippen LogP) is 1.96. The summed E-state index contributed by atoms with van der Waals surface area (Å²) in [6, 6.07) is 0.0185. The molecule has 0 aliphatic heterocycles. The minimum atomic E-state index is -0.768. The molecule has 0 amide bonds. The van der Waals surface area contributed by atoms with Gasteiger partial charge in [0.25, 0.3) is 0 Å². The summed E-state index contributed by atoms with van der Waals surface area (Å²) >= 11 is 3.92. The minimum Gasteiger partial charge on any atom is -0.481 e. The molecule has 2 N–H and O–H groups in total. The van der Waals surface area contributed by atoms with E-state index >= 15 is 0 Å². The SMILES string of the molecule is CC(C)CC(CC(=O)O)NSS. The number of hydrogen-bond acceptors (Lipinski definition) is 4. The number of thiol groups is 1. The van der Waals surface area contributed by atoms with Gasteiger partial charge in [-0.25, -0.2) is 0 Å². The van der Waals surface area contributed by atoms with Crippen molar-refractivity contribution in [2.24, 2.45) is 5.92 Å². The predicted molar refractivity (Wildman–Crippen MR) is 55.2 cm³/mol. The number of aliphatic carboxylic acids is 1. The van der Waals surface area contributed by atoms with Gasteiger partial charge < -0.3 is 5.11 Å². The second-order valence-electron chi connectivity index (χ2n) is 3.13. The van der Waals surface area contributed by atoms with Crippen LogP contribution in [0.2, 0.25) is 0 Å². The van der Waals surface area contributed by atoms with E-state index in [-0.39, 0.29) is 12.5 Å². The first kappa shape index (κ1) is 12.1. The van der Waals surface area contributed by atoms with E-state index in [2.05, 4.69) is 30.2 Å². The smallest absolute Gasteiger partial charge is 0.304 e. The lowest BCUT2D eigenvalue weighted by atomic mass is 10.0. The summed E-state index contributed by atoms with van der Waals surface area (Å²) in [6.07, 6.45) is 1.02. The summed E-state index contributed by atoms with van der Waals surface area (Å²) < 4.78 is 2.95.